The van der Waals surface area contributed by atoms with Crippen molar-refractivity contribution in [3.05, 3.63) is 28.8 Å². The second-order valence-corrected chi connectivity index (χ2v) is 8.82. The Hall–Kier alpha value is -1.13. The molecular weight excluding hydrogens is 420 g/mol. The van der Waals surface area contributed by atoms with Gasteiger partial charge >= 0.3 is 12.4 Å². The summed E-state index contributed by atoms with van der Waals surface area (Å²) < 4.78 is 95.5. The monoisotopic (exact) mass is 437 g/mol. The van der Waals surface area contributed by atoms with Crippen molar-refractivity contribution >= 4 is 28.7 Å². The summed E-state index contributed by atoms with van der Waals surface area (Å²) in [6.45, 7) is 4.14. The lowest BCUT2D eigenvalue weighted by Crippen LogP contribution is -2.31. The number of benzene rings is 1. The van der Waals surface area contributed by atoms with Crippen molar-refractivity contribution in [3.8, 4) is 5.75 Å². The molecule has 0 amide bonds. The second-order valence-electron chi connectivity index (χ2n) is 6.51. The summed E-state index contributed by atoms with van der Waals surface area (Å²) in [7, 11) is 0. The van der Waals surface area contributed by atoms with Crippen LogP contribution in [-0.2, 0) is 11.4 Å². The fourth-order valence-corrected chi connectivity index (χ4v) is 2.62. The van der Waals surface area contributed by atoms with Gasteiger partial charge in [0, 0.05) is 12.0 Å². The minimum atomic E-state index is -4.90. The average Bonchev–Trinajstić information content (AvgIpc) is 2.46. The molecule has 0 aliphatic rings. The van der Waals surface area contributed by atoms with Crippen LogP contribution in [0.3, 0.4) is 0 Å². The molecule has 27 heavy (non-hydrogen) atoms. The number of alkyl halides is 6. The number of nitrogens with zero attached hydrogens (tertiary/aromatic N) is 1. The van der Waals surface area contributed by atoms with Crippen molar-refractivity contribution in [2.24, 2.45) is 4.40 Å². The van der Waals surface area contributed by atoms with Crippen LogP contribution in [0.4, 0.5) is 26.3 Å². The number of rotatable bonds is 6. The van der Waals surface area contributed by atoms with Gasteiger partial charge in [0.15, 0.2) is 0 Å². The minimum absolute atomic E-state index is 0.0180. The fourth-order valence-electron chi connectivity index (χ4n) is 1.71. The molecule has 1 rings (SSSR count). The molecule has 0 aromatic heterocycles. The van der Waals surface area contributed by atoms with Crippen LogP contribution in [0.5, 0.6) is 5.75 Å². The standard InChI is InChI=1S/C16H18ClF6NO2S/c1-14(2,3)27(25)24-13(16(21,22)23)11-6-5-10(9-12(11)17)26-8-4-7-15(18,19)20/h5-6,9H,4,7-8H2,1-3H3. The topological polar surface area (TPSA) is 44.7 Å². The highest BCUT2D eigenvalue weighted by Crippen LogP contribution is 2.32. The summed E-state index contributed by atoms with van der Waals surface area (Å²) in [5.41, 5.74) is -1.89. The van der Waals surface area contributed by atoms with Crippen molar-refractivity contribution in [3.63, 3.8) is 0 Å². The van der Waals surface area contributed by atoms with E-state index >= 15 is 0 Å². The Morgan fingerprint density at radius 1 is 1.15 bits per heavy atom. The van der Waals surface area contributed by atoms with Crippen LogP contribution in [0, 0.1) is 0 Å². The van der Waals surface area contributed by atoms with Crippen LogP contribution in [0.25, 0.3) is 0 Å². The van der Waals surface area contributed by atoms with Gasteiger partial charge in [-0.15, -0.1) is 0 Å². The van der Waals surface area contributed by atoms with E-state index in [2.05, 4.69) is 4.40 Å². The molecule has 0 saturated carbocycles. The Morgan fingerprint density at radius 2 is 1.74 bits per heavy atom. The number of halogens is 7. The molecule has 0 heterocycles. The maximum absolute atomic E-state index is 13.3. The van der Waals surface area contributed by atoms with Gasteiger partial charge in [0.1, 0.15) is 21.9 Å². The predicted octanol–water partition coefficient (Wildman–Crippen LogP) is 5.87. The number of ether oxygens (including phenoxy) is 1. The van der Waals surface area contributed by atoms with Crippen molar-refractivity contribution in [2.75, 3.05) is 6.61 Å². The summed E-state index contributed by atoms with van der Waals surface area (Å²) in [6.07, 6.45) is -10.6. The third kappa shape index (κ3) is 8.18. The average molecular weight is 438 g/mol. The van der Waals surface area contributed by atoms with Gasteiger partial charge in [0.2, 0.25) is 5.71 Å². The SMILES string of the molecule is CC(C)(C)[S+]([O-])N=C(c1ccc(OCCCC(F)(F)F)cc1Cl)C(F)(F)F. The highest BCUT2D eigenvalue weighted by atomic mass is 35.5. The Labute approximate surface area is 161 Å². The van der Waals surface area contributed by atoms with E-state index in [-0.39, 0.29) is 23.8 Å². The Kier molecular flexibility index (Phi) is 7.89. The van der Waals surface area contributed by atoms with Crippen molar-refractivity contribution in [1.29, 1.82) is 0 Å². The van der Waals surface area contributed by atoms with E-state index < -0.39 is 46.2 Å². The predicted molar refractivity (Wildman–Crippen MR) is 92.7 cm³/mol. The largest absolute Gasteiger partial charge is 0.591 e. The highest BCUT2D eigenvalue weighted by Gasteiger charge is 2.42. The van der Waals surface area contributed by atoms with Crippen molar-refractivity contribution in [1.82, 2.24) is 0 Å². The zero-order valence-electron chi connectivity index (χ0n) is 14.7. The first-order valence-corrected chi connectivity index (χ1v) is 9.17. The zero-order chi connectivity index (χ0) is 21.0. The van der Waals surface area contributed by atoms with E-state index in [9.17, 15) is 30.9 Å². The molecule has 1 aromatic rings. The van der Waals surface area contributed by atoms with E-state index in [4.69, 9.17) is 16.3 Å². The van der Waals surface area contributed by atoms with E-state index in [1.165, 1.54) is 20.8 Å². The van der Waals surface area contributed by atoms with E-state index in [1.807, 2.05) is 0 Å². The Balaban J connectivity index is 3.02. The van der Waals surface area contributed by atoms with Gasteiger partial charge < -0.3 is 9.29 Å². The molecule has 1 unspecified atom stereocenters. The van der Waals surface area contributed by atoms with Gasteiger partial charge in [0.05, 0.1) is 11.6 Å². The number of hydrogen-bond donors (Lipinski definition) is 0. The van der Waals surface area contributed by atoms with Gasteiger partial charge in [-0.25, -0.2) is 0 Å². The summed E-state index contributed by atoms with van der Waals surface area (Å²) >= 11 is 3.70. The van der Waals surface area contributed by atoms with Crippen LogP contribution in [0.2, 0.25) is 5.02 Å². The second kappa shape index (κ2) is 8.91. The molecule has 0 bridgehead atoms. The lowest BCUT2D eigenvalue weighted by molar-refractivity contribution is -0.136. The van der Waals surface area contributed by atoms with Crippen LogP contribution in [-0.4, -0.2) is 34.0 Å². The first-order chi connectivity index (χ1) is 12.1. The first-order valence-electron chi connectivity index (χ1n) is 7.68. The highest BCUT2D eigenvalue weighted by molar-refractivity contribution is 7.91. The smallest absolute Gasteiger partial charge is 0.438 e. The maximum atomic E-state index is 13.3. The van der Waals surface area contributed by atoms with Gasteiger partial charge in [0.25, 0.3) is 0 Å². The summed E-state index contributed by atoms with van der Waals surface area (Å²) in [5.74, 6) is 0.0180. The molecule has 0 aliphatic carbocycles. The van der Waals surface area contributed by atoms with Crippen LogP contribution >= 0.6 is 11.6 Å². The molecule has 3 nitrogen and oxygen atoms in total. The Bertz CT molecular complexity index is 670. The first kappa shape index (κ1) is 23.9. The van der Waals surface area contributed by atoms with Gasteiger partial charge in [-0.3, -0.25) is 0 Å². The molecule has 11 heteroatoms. The lowest BCUT2D eigenvalue weighted by Gasteiger charge is -2.20. The molecule has 0 saturated heterocycles. The molecule has 0 radical (unpaired) electrons. The van der Waals surface area contributed by atoms with Crippen LogP contribution < -0.4 is 4.74 Å². The molecular formula is C16H18ClF6NO2S. The lowest BCUT2D eigenvalue weighted by atomic mass is 10.1. The summed E-state index contributed by atoms with van der Waals surface area (Å²) in [5, 5.41) is -0.370. The van der Waals surface area contributed by atoms with E-state index in [0.29, 0.717) is 0 Å². The minimum Gasteiger partial charge on any atom is -0.591 e. The molecule has 1 atom stereocenters. The van der Waals surface area contributed by atoms with Gasteiger partial charge in [-0.1, -0.05) is 16.0 Å². The molecule has 0 aliphatic heterocycles. The van der Waals surface area contributed by atoms with Gasteiger partial charge in [-0.05, 0) is 45.4 Å². The van der Waals surface area contributed by atoms with Crippen LogP contribution in [0.15, 0.2) is 22.6 Å². The molecule has 0 fully saturated rings. The van der Waals surface area contributed by atoms with Crippen molar-refractivity contribution in [2.45, 2.75) is 50.7 Å². The normalized spacial score (nSPS) is 15.0. The van der Waals surface area contributed by atoms with Crippen LogP contribution in [0.1, 0.15) is 39.2 Å². The molecule has 0 spiro atoms. The maximum Gasteiger partial charge on any atom is 0.438 e. The Morgan fingerprint density at radius 3 is 2.19 bits per heavy atom. The fraction of sp³-hybridized carbons (Fsp3) is 0.562. The van der Waals surface area contributed by atoms with Crippen molar-refractivity contribution < 1.29 is 35.6 Å². The third-order valence-corrected chi connectivity index (χ3v) is 4.74. The third-order valence-electron chi connectivity index (χ3n) is 3.04. The van der Waals surface area contributed by atoms with Gasteiger partial charge in [-0.2, -0.15) is 26.3 Å². The summed E-state index contributed by atoms with van der Waals surface area (Å²) in [6, 6.07) is 3.16. The molecule has 0 N–H and O–H groups in total. The molecule has 1 aromatic carbocycles. The van der Waals surface area contributed by atoms with E-state index in [0.717, 1.165) is 18.2 Å². The number of hydrogen-bond acceptors (Lipinski definition) is 3. The van der Waals surface area contributed by atoms with E-state index in [1.54, 1.807) is 0 Å². The summed E-state index contributed by atoms with van der Waals surface area (Å²) in [4.78, 5) is 0. The quantitative estimate of drug-likeness (QED) is 0.241. The zero-order valence-corrected chi connectivity index (χ0v) is 16.2. The molecule has 154 valence electrons.